The summed E-state index contributed by atoms with van der Waals surface area (Å²) in [5.74, 6) is 0.00992. The molecule has 7 heteroatoms. The van der Waals surface area contributed by atoms with Gasteiger partial charge < -0.3 is 16.0 Å². The fourth-order valence-electron chi connectivity index (χ4n) is 1.57. The lowest BCUT2D eigenvalue weighted by atomic mass is 10.2. The fourth-order valence-corrected chi connectivity index (χ4v) is 1.57. The summed E-state index contributed by atoms with van der Waals surface area (Å²) in [6, 6.07) is 1.82. The van der Waals surface area contributed by atoms with Crippen LogP contribution in [-0.2, 0) is 6.18 Å². The molecular weight excluding hydrogens is 257 g/mol. The molecule has 0 aliphatic rings. The number of hydrogen-bond acceptors (Lipinski definition) is 4. The lowest BCUT2D eigenvalue weighted by Gasteiger charge is -2.18. The van der Waals surface area contributed by atoms with Gasteiger partial charge in [-0.1, -0.05) is 0 Å². The topological polar surface area (TPSA) is 54.2 Å². The zero-order valence-corrected chi connectivity index (χ0v) is 11.3. The summed E-state index contributed by atoms with van der Waals surface area (Å²) in [5.41, 5.74) is 4.61. The molecular formula is C12H19F3N4. The third kappa shape index (κ3) is 5.34. The lowest BCUT2D eigenvalue weighted by molar-refractivity contribution is -0.137. The van der Waals surface area contributed by atoms with Crippen molar-refractivity contribution in [1.82, 2.24) is 9.88 Å². The summed E-state index contributed by atoms with van der Waals surface area (Å²) in [5, 5.41) is 2.93. The standard InChI is InChI=1S/C12H19F3N4/c1-8(4-5-19(2)3)17-11-7-9(12(13,14)15)6-10(16)18-11/h6-8H,4-5H2,1-3H3,(H3,16,17,18). The number of anilines is 2. The second-order valence-electron chi connectivity index (χ2n) is 4.80. The SMILES string of the molecule is CC(CCN(C)C)Nc1cc(C(F)(F)F)cc(N)n1. The molecule has 0 aliphatic heterocycles. The average Bonchev–Trinajstić information content (AvgIpc) is 2.24. The second kappa shape index (κ2) is 6.10. The maximum Gasteiger partial charge on any atom is 0.416 e. The number of hydrogen-bond donors (Lipinski definition) is 2. The maximum absolute atomic E-state index is 12.6. The minimum absolute atomic E-state index is 0.0118. The Labute approximate surface area is 110 Å². The van der Waals surface area contributed by atoms with Gasteiger partial charge in [0, 0.05) is 6.04 Å². The molecule has 1 unspecified atom stereocenters. The molecule has 4 nitrogen and oxygen atoms in total. The van der Waals surface area contributed by atoms with Gasteiger partial charge >= 0.3 is 6.18 Å². The summed E-state index contributed by atoms with van der Waals surface area (Å²) < 4.78 is 37.9. The van der Waals surface area contributed by atoms with Gasteiger partial charge in [0.15, 0.2) is 0 Å². The predicted molar refractivity (Wildman–Crippen MR) is 69.9 cm³/mol. The first kappa shape index (κ1) is 15.6. The molecule has 0 saturated carbocycles. The van der Waals surface area contributed by atoms with Crippen molar-refractivity contribution in [3.8, 4) is 0 Å². The summed E-state index contributed by atoms with van der Waals surface area (Å²) >= 11 is 0. The van der Waals surface area contributed by atoms with Crippen molar-refractivity contribution in [2.75, 3.05) is 31.7 Å². The van der Waals surface area contributed by atoms with Gasteiger partial charge in [0.25, 0.3) is 0 Å². The first-order valence-corrected chi connectivity index (χ1v) is 5.94. The molecule has 0 saturated heterocycles. The van der Waals surface area contributed by atoms with Crippen molar-refractivity contribution < 1.29 is 13.2 Å². The van der Waals surface area contributed by atoms with Crippen molar-refractivity contribution in [1.29, 1.82) is 0 Å². The van der Waals surface area contributed by atoms with E-state index in [0.717, 1.165) is 25.1 Å². The molecule has 0 fully saturated rings. The number of rotatable bonds is 5. The molecule has 1 heterocycles. The van der Waals surface area contributed by atoms with Crippen LogP contribution in [0.1, 0.15) is 18.9 Å². The van der Waals surface area contributed by atoms with Crippen molar-refractivity contribution in [3.63, 3.8) is 0 Å². The molecule has 0 spiro atoms. The van der Waals surface area contributed by atoms with Crippen LogP contribution < -0.4 is 11.1 Å². The quantitative estimate of drug-likeness (QED) is 0.867. The first-order valence-electron chi connectivity index (χ1n) is 5.94. The van der Waals surface area contributed by atoms with Crippen molar-refractivity contribution in [2.45, 2.75) is 25.6 Å². The number of alkyl halides is 3. The van der Waals surface area contributed by atoms with E-state index in [1.807, 2.05) is 25.9 Å². The molecule has 19 heavy (non-hydrogen) atoms. The number of nitrogens with two attached hydrogens (primary N) is 1. The molecule has 1 aromatic heterocycles. The largest absolute Gasteiger partial charge is 0.416 e. The van der Waals surface area contributed by atoms with Crippen LogP contribution in [0.25, 0.3) is 0 Å². The molecule has 108 valence electrons. The number of nitrogen functional groups attached to an aromatic ring is 1. The minimum atomic E-state index is -4.42. The van der Waals surface area contributed by atoms with Gasteiger partial charge in [0.1, 0.15) is 11.6 Å². The van der Waals surface area contributed by atoms with E-state index in [-0.39, 0.29) is 17.7 Å². The molecule has 0 amide bonds. The van der Waals surface area contributed by atoms with Gasteiger partial charge in [0.05, 0.1) is 5.56 Å². The Morgan fingerprint density at radius 1 is 1.37 bits per heavy atom. The third-order valence-electron chi connectivity index (χ3n) is 2.58. The normalized spacial score (nSPS) is 13.6. The highest BCUT2D eigenvalue weighted by Crippen LogP contribution is 2.31. The first-order chi connectivity index (χ1) is 8.68. The summed E-state index contributed by atoms with van der Waals surface area (Å²) in [7, 11) is 3.88. The zero-order chi connectivity index (χ0) is 14.6. The van der Waals surface area contributed by atoms with Crippen LogP contribution in [-0.4, -0.2) is 36.6 Å². The highest BCUT2D eigenvalue weighted by Gasteiger charge is 2.31. The summed E-state index contributed by atoms with van der Waals surface area (Å²) in [6.45, 7) is 2.73. The van der Waals surface area contributed by atoms with Crippen LogP contribution in [0.4, 0.5) is 24.8 Å². The van der Waals surface area contributed by atoms with E-state index in [0.29, 0.717) is 0 Å². The van der Waals surface area contributed by atoms with Crippen LogP contribution in [0.2, 0.25) is 0 Å². The van der Waals surface area contributed by atoms with E-state index in [1.54, 1.807) is 0 Å². The Balaban J connectivity index is 2.76. The molecule has 0 radical (unpaired) electrons. The van der Waals surface area contributed by atoms with E-state index in [4.69, 9.17) is 5.73 Å². The van der Waals surface area contributed by atoms with E-state index >= 15 is 0 Å². The monoisotopic (exact) mass is 276 g/mol. The van der Waals surface area contributed by atoms with Crippen LogP contribution >= 0.6 is 0 Å². The highest BCUT2D eigenvalue weighted by atomic mass is 19.4. The highest BCUT2D eigenvalue weighted by molar-refractivity contribution is 5.47. The van der Waals surface area contributed by atoms with E-state index in [9.17, 15) is 13.2 Å². The van der Waals surface area contributed by atoms with Crippen molar-refractivity contribution >= 4 is 11.6 Å². The number of pyridine rings is 1. The van der Waals surface area contributed by atoms with Gasteiger partial charge in [-0.05, 0) is 46.1 Å². The number of nitrogens with one attached hydrogen (secondary N) is 1. The van der Waals surface area contributed by atoms with Gasteiger partial charge in [0.2, 0.25) is 0 Å². The maximum atomic E-state index is 12.6. The number of nitrogens with zero attached hydrogens (tertiary/aromatic N) is 2. The Hall–Kier alpha value is -1.50. The van der Waals surface area contributed by atoms with Crippen LogP contribution in [0.15, 0.2) is 12.1 Å². The molecule has 1 atom stereocenters. The average molecular weight is 276 g/mol. The number of aromatic nitrogens is 1. The second-order valence-corrected chi connectivity index (χ2v) is 4.80. The fraction of sp³-hybridized carbons (Fsp3) is 0.583. The minimum Gasteiger partial charge on any atom is -0.384 e. The molecule has 1 rings (SSSR count). The van der Waals surface area contributed by atoms with E-state index < -0.39 is 11.7 Å². The van der Waals surface area contributed by atoms with Crippen LogP contribution in [0, 0.1) is 0 Å². The van der Waals surface area contributed by atoms with E-state index in [1.165, 1.54) is 0 Å². The van der Waals surface area contributed by atoms with Crippen LogP contribution in [0.5, 0.6) is 0 Å². The molecule has 3 N–H and O–H groups in total. The Morgan fingerprint density at radius 2 is 2.00 bits per heavy atom. The summed E-state index contributed by atoms with van der Waals surface area (Å²) in [6.07, 6.45) is -3.62. The Morgan fingerprint density at radius 3 is 2.53 bits per heavy atom. The van der Waals surface area contributed by atoms with Crippen molar-refractivity contribution in [2.24, 2.45) is 0 Å². The van der Waals surface area contributed by atoms with Crippen molar-refractivity contribution in [3.05, 3.63) is 17.7 Å². The van der Waals surface area contributed by atoms with Gasteiger partial charge in [-0.15, -0.1) is 0 Å². The van der Waals surface area contributed by atoms with Crippen LogP contribution in [0.3, 0.4) is 0 Å². The van der Waals surface area contributed by atoms with Gasteiger partial charge in [-0.3, -0.25) is 0 Å². The zero-order valence-electron chi connectivity index (χ0n) is 11.3. The molecule has 0 aromatic carbocycles. The Bertz CT molecular complexity index is 418. The lowest BCUT2D eigenvalue weighted by Crippen LogP contribution is -2.23. The van der Waals surface area contributed by atoms with E-state index in [2.05, 4.69) is 10.3 Å². The molecule has 0 aliphatic carbocycles. The summed E-state index contributed by atoms with van der Waals surface area (Å²) in [4.78, 5) is 5.87. The predicted octanol–water partition coefficient (Wildman–Crippen LogP) is 2.43. The number of halogens is 3. The van der Waals surface area contributed by atoms with Gasteiger partial charge in [-0.25, -0.2) is 4.98 Å². The molecule has 0 bridgehead atoms. The smallest absolute Gasteiger partial charge is 0.384 e. The van der Waals surface area contributed by atoms with Gasteiger partial charge in [-0.2, -0.15) is 13.2 Å². The third-order valence-corrected chi connectivity index (χ3v) is 2.58. The molecule has 1 aromatic rings. The Kier molecular flexibility index (Phi) is 4.99.